The zero-order chi connectivity index (χ0) is 22.4. The van der Waals surface area contributed by atoms with Crippen molar-refractivity contribution in [3.8, 4) is 0 Å². The van der Waals surface area contributed by atoms with Crippen molar-refractivity contribution >= 4 is 21.9 Å². The number of ether oxygens (including phenoxy) is 1. The standard InChI is InChI=1S/C22H27NO6S/c1-16(2)19(23-21(26)29-15-18-12-8-5-9-13-18)30(27,28)22(3,20(24)25)14-17-10-6-4-7-11-17/h4-13,16,19H,14-15H2,1-3H3,(H,23,26)(H,24,25). The van der Waals surface area contributed by atoms with Crippen molar-refractivity contribution in [2.75, 3.05) is 0 Å². The van der Waals surface area contributed by atoms with E-state index in [1.807, 2.05) is 6.07 Å². The minimum absolute atomic E-state index is 0.0300. The molecule has 2 aromatic rings. The van der Waals surface area contributed by atoms with Gasteiger partial charge in [-0.2, -0.15) is 0 Å². The topological polar surface area (TPSA) is 110 Å². The van der Waals surface area contributed by atoms with E-state index in [1.54, 1.807) is 68.4 Å². The van der Waals surface area contributed by atoms with Crippen molar-refractivity contribution in [3.63, 3.8) is 0 Å². The first-order valence-corrected chi connectivity index (χ1v) is 11.1. The molecule has 7 nitrogen and oxygen atoms in total. The van der Waals surface area contributed by atoms with Crippen molar-refractivity contribution in [1.82, 2.24) is 5.32 Å². The molecule has 0 saturated heterocycles. The summed E-state index contributed by atoms with van der Waals surface area (Å²) >= 11 is 0. The lowest BCUT2D eigenvalue weighted by atomic mass is 10.0. The summed E-state index contributed by atoms with van der Waals surface area (Å²) in [5.74, 6) is -2.05. The van der Waals surface area contributed by atoms with Gasteiger partial charge in [-0.15, -0.1) is 0 Å². The Morgan fingerprint density at radius 2 is 1.50 bits per heavy atom. The molecule has 2 atom stereocenters. The van der Waals surface area contributed by atoms with Crippen LogP contribution < -0.4 is 5.32 Å². The Labute approximate surface area is 177 Å². The highest BCUT2D eigenvalue weighted by molar-refractivity contribution is 7.94. The number of hydrogen-bond donors (Lipinski definition) is 2. The fourth-order valence-electron chi connectivity index (χ4n) is 3.05. The second-order valence-electron chi connectivity index (χ2n) is 7.61. The molecule has 0 radical (unpaired) electrons. The first-order valence-electron chi connectivity index (χ1n) is 9.56. The lowest BCUT2D eigenvalue weighted by Gasteiger charge is -2.32. The van der Waals surface area contributed by atoms with Crippen molar-refractivity contribution < 1.29 is 27.9 Å². The first-order chi connectivity index (χ1) is 14.1. The van der Waals surface area contributed by atoms with Gasteiger partial charge in [0.15, 0.2) is 14.6 Å². The third-order valence-electron chi connectivity index (χ3n) is 4.88. The van der Waals surface area contributed by atoms with Gasteiger partial charge in [-0.1, -0.05) is 74.5 Å². The maximum Gasteiger partial charge on any atom is 0.408 e. The van der Waals surface area contributed by atoms with Gasteiger partial charge in [0.05, 0.1) is 0 Å². The van der Waals surface area contributed by atoms with E-state index in [4.69, 9.17) is 4.74 Å². The van der Waals surface area contributed by atoms with Crippen molar-refractivity contribution in [2.24, 2.45) is 5.92 Å². The molecular weight excluding hydrogens is 406 g/mol. The molecule has 2 aromatic carbocycles. The summed E-state index contributed by atoms with van der Waals surface area (Å²) in [5.41, 5.74) is 1.32. The van der Waals surface area contributed by atoms with Crippen molar-refractivity contribution in [2.45, 2.75) is 43.9 Å². The zero-order valence-electron chi connectivity index (χ0n) is 17.2. The van der Waals surface area contributed by atoms with E-state index in [9.17, 15) is 23.1 Å². The van der Waals surface area contributed by atoms with Gasteiger partial charge in [0.1, 0.15) is 12.0 Å². The molecule has 1 amide bonds. The third-order valence-corrected chi connectivity index (χ3v) is 7.78. The fourth-order valence-corrected chi connectivity index (χ4v) is 5.19. The minimum atomic E-state index is -4.35. The molecule has 8 heteroatoms. The number of alkyl carbamates (subject to hydrolysis) is 1. The Morgan fingerprint density at radius 1 is 1.00 bits per heavy atom. The van der Waals surface area contributed by atoms with Crippen LogP contribution in [0.15, 0.2) is 60.7 Å². The lowest BCUT2D eigenvalue weighted by molar-refractivity contribution is -0.139. The fraction of sp³-hybridized carbons (Fsp3) is 0.364. The van der Waals surface area contributed by atoms with Gasteiger partial charge in [-0.3, -0.25) is 4.79 Å². The molecule has 2 unspecified atom stereocenters. The van der Waals surface area contributed by atoms with E-state index in [-0.39, 0.29) is 13.0 Å². The second kappa shape index (κ2) is 9.75. The zero-order valence-corrected chi connectivity index (χ0v) is 18.1. The Bertz CT molecular complexity index is 960. The van der Waals surface area contributed by atoms with Gasteiger partial charge in [0.25, 0.3) is 0 Å². The average Bonchev–Trinajstić information content (AvgIpc) is 2.71. The smallest absolute Gasteiger partial charge is 0.408 e. The average molecular weight is 434 g/mol. The van der Waals surface area contributed by atoms with Crippen LogP contribution in [0.4, 0.5) is 4.79 Å². The van der Waals surface area contributed by atoms with Gasteiger partial charge >= 0.3 is 12.1 Å². The van der Waals surface area contributed by atoms with Crippen molar-refractivity contribution in [3.05, 3.63) is 71.8 Å². The molecule has 0 saturated carbocycles. The maximum atomic E-state index is 13.4. The quantitative estimate of drug-likeness (QED) is 0.627. The van der Waals surface area contributed by atoms with Gasteiger partial charge < -0.3 is 15.2 Å². The molecule has 2 rings (SSSR count). The van der Waals surface area contributed by atoms with Gasteiger partial charge in [0.2, 0.25) is 0 Å². The highest BCUT2D eigenvalue weighted by Crippen LogP contribution is 2.29. The Kier molecular flexibility index (Phi) is 7.61. The predicted octanol–water partition coefficient (Wildman–Crippen LogP) is 3.40. The van der Waals surface area contributed by atoms with Crippen LogP contribution in [0.5, 0.6) is 0 Å². The second-order valence-corrected chi connectivity index (χ2v) is 10.1. The summed E-state index contributed by atoms with van der Waals surface area (Å²) in [7, 11) is -4.35. The molecule has 162 valence electrons. The minimum Gasteiger partial charge on any atom is -0.480 e. The van der Waals surface area contributed by atoms with Crippen LogP contribution in [-0.2, 0) is 32.4 Å². The monoisotopic (exact) mass is 433 g/mol. The van der Waals surface area contributed by atoms with Crippen LogP contribution >= 0.6 is 0 Å². The first kappa shape index (κ1) is 23.4. The maximum absolute atomic E-state index is 13.4. The molecule has 0 fully saturated rings. The van der Waals surface area contributed by atoms with E-state index in [0.29, 0.717) is 5.56 Å². The van der Waals surface area contributed by atoms with E-state index >= 15 is 0 Å². The molecule has 0 aliphatic heterocycles. The summed E-state index contributed by atoms with van der Waals surface area (Å²) in [6, 6.07) is 17.5. The number of rotatable bonds is 9. The molecule has 0 bridgehead atoms. The number of carboxylic acid groups (broad SMARTS) is 1. The number of carboxylic acids is 1. The normalized spacial score (nSPS) is 14.5. The van der Waals surface area contributed by atoms with Crippen LogP contribution in [0.1, 0.15) is 31.9 Å². The van der Waals surface area contributed by atoms with E-state index < -0.39 is 37.9 Å². The summed E-state index contributed by atoms with van der Waals surface area (Å²) in [6.07, 6.45) is -1.15. The number of hydrogen-bond acceptors (Lipinski definition) is 5. The molecule has 2 N–H and O–H groups in total. The van der Waals surface area contributed by atoms with Crippen molar-refractivity contribution in [1.29, 1.82) is 0 Å². The Morgan fingerprint density at radius 3 is 1.97 bits per heavy atom. The summed E-state index contributed by atoms with van der Waals surface area (Å²) in [5, 5.41) is 10.8. The number of amides is 1. The molecule has 0 aliphatic carbocycles. The number of nitrogens with one attached hydrogen (secondary N) is 1. The highest BCUT2D eigenvalue weighted by atomic mass is 32.2. The van der Waals surface area contributed by atoms with Crippen LogP contribution in [0.2, 0.25) is 0 Å². The van der Waals surface area contributed by atoms with Crippen LogP contribution in [-0.4, -0.2) is 35.7 Å². The number of carbonyl (C=O) groups excluding carboxylic acids is 1. The lowest BCUT2D eigenvalue weighted by Crippen LogP contribution is -2.56. The summed E-state index contributed by atoms with van der Waals surface area (Å²) < 4.78 is 29.8. The van der Waals surface area contributed by atoms with Gasteiger partial charge in [0, 0.05) is 6.42 Å². The highest BCUT2D eigenvalue weighted by Gasteiger charge is 2.51. The number of aliphatic carboxylic acids is 1. The van der Waals surface area contributed by atoms with Crippen LogP contribution in [0, 0.1) is 5.92 Å². The molecule has 0 heterocycles. The molecule has 30 heavy (non-hydrogen) atoms. The Balaban J connectivity index is 2.24. The SMILES string of the molecule is CC(C)C(NC(=O)OCc1ccccc1)S(=O)(=O)C(C)(Cc1ccccc1)C(=O)O. The largest absolute Gasteiger partial charge is 0.480 e. The number of carbonyl (C=O) groups is 2. The summed E-state index contributed by atoms with van der Waals surface area (Å²) in [6.45, 7) is 4.34. The van der Waals surface area contributed by atoms with Gasteiger partial charge in [-0.25, -0.2) is 13.2 Å². The Hall–Kier alpha value is -2.87. The van der Waals surface area contributed by atoms with E-state index in [2.05, 4.69) is 5.32 Å². The van der Waals surface area contributed by atoms with E-state index in [1.165, 1.54) is 6.92 Å². The third kappa shape index (κ3) is 5.38. The molecule has 0 aliphatic rings. The van der Waals surface area contributed by atoms with Crippen LogP contribution in [0.25, 0.3) is 0 Å². The summed E-state index contributed by atoms with van der Waals surface area (Å²) in [4.78, 5) is 24.4. The number of sulfone groups is 1. The molecule has 0 spiro atoms. The van der Waals surface area contributed by atoms with E-state index in [0.717, 1.165) is 5.56 Å². The van der Waals surface area contributed by atoms with Gasteiger partial charge in [-0.05, 0) is 24.0 Å². The molecular formula is C22H27NO6S. The predicted molar refractivity (Wildman–Crippen MR) is 113 cm³/mol. The number of benzene rings is 2. The van der Waals surface area contributed by atoms with Crippen LogP contribution in [0.3, 0.4) is 0 Å². The molecule has 0 aromatic heterocycles.